The van der Waals surface area contributed by atoms with Crippen LogP contribution in [0.1, 0.15) is 0 Å². The summed E-state index contributed by atoms with van der Waals surface area (Å²) in [6, 6.07) is 77.8. The van der Waals surface area contributed by atoms with Gasteiger partial charge < -0.3 is 27.0 Å². The van der Waals surface area contributed by atoms with Gasteiger partial charge in [0.05, 0.1) is 49.8 Å². The van der Waals surface area contributed by atoms with Crippen molar-refractivity contribution in [2.75, 3.05) is 0 Å². The Kier molecular flexibility index (Phi) is 9.29. The number of para-hydroxylation sites is 6. The maximum atomic E-state index is 14.5. The first kappa shape index (κ1) is 43.6. The van der Waals surface area contributed by atoms with Gasteiger partial charge in [0.1, 0.15) is 16.7 Å². The zero-order valence-corrected chi connectivity index (χ0v) is 41.3. The fourth-order valence-electron chi connectivity index (χ4n) is 12.0. The van der Waals surface area contributed by atoms with Crippen LogP contribution in [0.5, 0.6) is 0 Å². The molecule has 9 heteroatoms. The van der Waals surface area contributed by atoms with Crippen molar-refractivity contribution in [1.82, 2.24) is 13.7 Å². The SMILES string of the molecule is O=c1oc2cc(-n3c4ccccc4c4ccccc43)ccc2cc1-c1cc(-c2cc3ccc(-n4c5ccccc5c5ccccc54)cc3oc2=O)cc(-c2cc3ccc(-n4c5ccccc5c5ccccc54)cc3oc2=O)c1. The number of fused-ring (bicyclic) bond motifs is 12. The lowest BCUT2D eigenvalue weighted by Gasteiger charge is -2.13. The minimum absolute atomic E-state index is 0.247. The van der Waals surface area contributed by atoms with Gasteiger partial charge in [-0.3, -0.25) is 0 Å². The van der Waals surface area contributed by atoms with Gasteiger partial charge in [0, 0.05) is 83.7 Å². The molecule has 10 aromatic carbocycles. The van der Waals surface area contributed by atoms with Crippen LogP contribution in [0.2, 0.25) is 0 Å². The van der Waals surface area contributed by atoms with Gasteiger partial charge in [-0.25, -0.2) is 14.4 Å². The molecule has 0 unspecified atom stereocenters. The fraction of sp³-hybridized carbons (Fsp3) is 0. The third kappa shape index (κ3) is 6.58. The summed E-state index contributed by atoms with van der Waals surface area (Å²) < 4.78 is 25.2. The van der Waals surface area contributed by atoms with E-state index in [1.165, 1.54) is 0 Å². The van der Waals surface area contributed by atoms with Crippen LogP contribution >= 0.6 is 0 Å². The first-order chi connectivity index (χ1) is 38.4. The third-order valence-electron chi connectivity index (χ3n) is 15.5. The molecule has 16 aromatic rings. The number of aromatic nitrogens is 3. The summed E-state index contributed by atoms with van der Waals surface area (Å²) in [7, 11) is 0. The van der Waals surface area contributed by atoms with E-state index in [-0.39, 0.29) is 16.7 Å². The molecule has 16 rings (SSSR count). The summed E-state index contributed by atoms with van der Waals surface area (Å²) in [6.07, 6.45) is 0. The van der Waals surface area contributed by atoms with Crippen molar-refractivity contribution in [3.63, 3.8) is 0 Å². The van der Waals surface area contributed by atoms with Crippen LogP contribution < -0.4 is 16.9 Å². The number of hydrogen-bond donors (Lipinski definition) is 0. The molecule has 0 saturated carbocycles. The molecular weight excluding hydrogens is 967 g/mol. The second kappa shape index (κ2) is 16.6. The highest BCUT2D eigenvalue weighted by molar-refractivity contribution is 6.11. The van der Waals surface area contributed by atoms with Gasteiger partial charge >= 0.3 is 16.9 Å². The minimum atomic E-state index is -0.587. The molecule has 0 bridgehead atoms. The van der Waals surface area contributed by atoms with Crippen LogP contribution in [-0.4, -0.2) is 13.7 Å². The minimum Gasteiger partial charge on any atom is -0.422 e. The molecule has 0 aliphatic heterocycles. The lowest BCUT2D eigenvalue weighted by molar-refractivity contribution is 0.563. The van der Waals surface area contributed by atoms with E-state index in [4.69, 9.17) is 13.3 Å². The molecule has 9 nitrogen and oxygen atoms in total. The molecule has 0 spiro atoms. The molecule has 0 saturated heterocycles. The smallest absolute Gasteiger partial charge is 0.344 e. The number of rotatable bonds is 6. The van der Waals surface area contributed by atoms with E-state index in [0.717, 1.165) is 82.5 Å². The lowest BCUT2D eigenvalue weighted by Crippen LogP contribution is -2.07. The van der Waals surface area contributed by atoms with Crippen molar-refractivity contribution >= 4 is 98.3 Å². The quantitative estimate of drug-likeness (QED) is 0.154. The topological polar surface area (TPSA) is 105 Å². The largest absolute Gasteiger partial charge is 0.422 e. The second-order valence-corrected chi connectivity index (χ2v) is 19.9. The van der Waals surface area contributed by atoms with Gasteiger partial charge in [-0.05, 0) is 126 Å². The second-order valence-electron chi connectivity index (χ2n) is 19.9. The Morgan fingerprint density at radius 3 is 0.718 bits per heavy atom. The van der Waals surface area contributed by atoms with Gasteiger partial charge in [-0.15, -0.1) is 0 Å². The summed E-state index contributed by atoms with van der Waals surface area (Å²) >= 11 is 0. The number of hydrogen-bond acceptors (Lipinski definition) is 6. The molecule has 0 atom stereocenters. The van der Waals surface area contributed by atoms with Gasteiger partial charge in [-0.1, -0.05) is 109 Å². The number of benzene rings is 10. The Morgan fingerprint density at radius 1 is 0.244 bits per heavy atom. The Morgan fingerprint density at radius 2 is 0.474 bits per heavy atom. The Balaban J connectivity index is 0.854. The van der Waals surface area contributed by atoms with Crippen molar-refractivity contribution in [3.05, 3.63) is 268 Å². The lowest BCUT2D eigenvalue weighted by atomic mass is 9.94. The maximum Gasteiger partial charge on any atom is 0.344 e. The molecule has 366 valence electrons. The van der Waals surface area contributed by atoms with E-state index < -0.39 is 16.9 Å². The molecule has 78 heavy (non-hydrogen) atoms. The van der Waals surface area contributed by atoms with Crippen molar-refractivity contribution in [3.8, 4) is 50.4 Å². The third-order valence-corrected chi connectivity index (χ3v) is 15.5. The summed E-state index contributed by atoms with van der Waals surface area (Å²) in [5, 5.41) is 8.79. The van der Waals surface area contributed by atoms with E-state index >= 15 is 0 Å². The normalized spacial score (nSPS) is 12.0. The Hall–Kier alpha value is -10.8. The molecule has 0 fully saturated rings. The molecule has 0 N–H and O–H groups in total. The van der Waals surface area contributed by atoms with Gasteiger partial charge in [-0.2, -0.15) is 0 Å². The van der Waals surface area contributed by atoms with Crippen LogP contribution in [-0.2, 0) is 0 Å². The van der Waals surface area contributed by atoms with Crippen LogP contribution in [0.4, 0.5) is 0 Å². The first-order valence-corrected chi connectivity index (χ1v) is 25.7. The van der Waals surface area contributed by atoms with Crippen molar-refractivity contribution in [2.45, 2.75) is 0 Å². The molecule has 0 amide bonds. The summed E-state index contributed by atoms with van der Waals surface area (Å²) in [4.78, 5) is 43.4. The maximum absolute atomic E-state index is 14.5. The van der Waals surface area contributed by atoms with E-state index in [2.05, 4.69) is 86.5 Å². The number of nitrogens with zero attached hydrogens (tertiary/aromatic N) is 3. The van der Waals surface area contributed by atoms with Crippen LogP contribution in [0.3, 0.4) is 0 Å². The highest BCUT2D eigenvalue weighted by atomic mass is 16.4. The summed E-state index contributed by atoms with van der Waals surface area (Å²) in [5.74, 6) is 0. The molecular formula is C69H39N3O6. The zero-order valence-electron chi connectivity index (χ0n) is 41.3. The van der Waals surface area contributed by atoms with Crippen molar-refractivity contribution in [2.24, 2.45) is 0 Å². The summed E-state index contributed by atoms with van der Waals surface area (Å²) in [5.41, 5.74) is 10.2. The van der Waals surface area contributed by atoms with Crippen molar-refractivity contribution in [1.29, 1.82) is 0 Å². The van der Waals surface area contributed by atoms with E-state index in [1.54, 1.807) is 36.4 Å². The van der Waals surface area contributed by atoms with Gasteiger partial charge in [0.15, 0.2) is 0 Å². The highest BCUT2D eigenvalue weighted by Crippen LogP contribution is 2.39. The van der Waals surface area contributed by atoms with E-state index in [9.17, 15) is 14.4 Å². The zero-order chi connectivity index (χ0) is 51.8. The summed E-state index contributed by atoms with van der Waals surface area (Å²) in [6.45, 7) is 0. The van der Waals surface area contributed by atoms with E-state index in [0.29, 0.717) is 49.6 Å². The molecule has 6 aromatic heterocycles. The Labute approximate surface area is 441 Å². The van der Waals surface area contributed by atoms with Crippen LogP contribution in [0, 0.1) is 0 Å². The average Bonchev–Trinajstić information content (AvgIpc) is 4.13. The monoisotopic (exact) mass is 1010 g/mol. The first-order valence-electron chi connectivity index (χ1n) is 25.7. The molecule has 0 aliphatic rings. The van der Waals surface area contributed by atoms with E-state index in [1.807, 2.05) is 127 Å². The molecule has 6 heterocycles. The predicted molar refractivity (Wildman–Crippen MR) is 314 cm³/mol. The highest BCUT2D eigenvalue weighted by Gasteiger charge is 2.21. The average molecular weight is 1010 g/mol. The van der Waals surface area contributed by atoms with Crippen molar-refractivity contribution < 1.29 is 13.3 Å². The molecule has 0 aliphatic carbocycles. The molecule has 0 radical (unpaired) electrons. The van der Waals surface area contributed by atoms with Gasteiger partial charge in [0.25, 0.3) is 0 Å². The predicted octanol–water partition coefficient (Wildman–Crippen LogP) is 16.3. The fourth-order valence-corrected chi connectivity index (χ4v) is 12.0. The Bertz CT molecular complexity index is 4730. The van der Waals surface area contributed by atoms with Crippen LogP contribution in [0.15, 0.2) is 264 Å². The standard InChI is InChI=1S/C69H39N3O6/c73-67-55(34-40-25-28-46(37-64(40)76-67)70-58-19-7-1-13-49(58)50-14-2-8-20-59(50)70)43-31-44(56-35-41-26-29-47(38-65(41)77-68(56)74)71-60-21-9-3-15-51(60)52-16-4-10-22-61(52)71)33-45(32-43)57-36-42-27-30-48(39-66(42)78-69(57)75)72-62-23-11-5-17-53(62)54-18-6-12-24-63(54)72/h1-39H. The van der Waals surface area contributed by atoms with Gasteiger partial charge in [0.2, 0.25) is 0 Å². The van der Waals surface area contributed by atoms with Crippen LogP contribution in [0.25, 0.3) is 149 Å².